The molecule has 2 aromatic carbocycles. The highest BCUT2D eigenvalue weighted by atomic mass is 16.5. The van der Waals surface area contributed by atoms with Crippen LogP contribution in [0.3, 0.4) is 0 Å². The Balaban J connectivity index is 1.98. The van der Waals surface area contributed by atoms with Crippen molar-refractivity contribution >= 4 is 23.6 Å². The maximum absolute atomic E-state index is 12.7. The molecule has 0 spiro atoms. The SMILES string of the molecule is COC(=O)c1ccccc1-n1c(C)cc(/C=C(\C#N)C(=O)Nc2cccc(OC)c2)c1C. The number of para-hydroxylation sites is 1. The highest BCUT2D eigenvalue weighted by Crippen LogP contribution is 2.26. The molecule has 7 heteroatoms. The summed E-state index contributed by atoms with van der Waals surface area (Å²) < 4.78 is 12.0. The molecular formula is C25H23N3O4. The van der Waals surface area contributed by atoms with Crippen LogP contribution in [0.15, 0.2) is 60.2 Å². The van der Waals surface area contributed by atoms with Gasteiger partial charge in [0.15, 0.2) is 0 Å². The number of amides is 1. The number of rotatable bonds is 6. The molecule has 0 radical (unpaired) electrons. The molecule has 1 heterocycles. The van der Waals surface area contributed by atoms with Crippen LogP contribution in [0.4, 0.5) is 5.69 Å². The molecule has 0 atom stereocenters. The number of anilines is 1. The third-order valence-corrected chi connectivity index (χ3v) is 5.01. The summed E-state index contributed by atoms with van der Waals surface area (Å²) in [6.45, 7) is 3.75. The van der Waals surface area contributed by atoms with Gasteiger partial charge in [-0.15, -0.1) is 0 Å². The van der Waals surface area contributed by atoms with Gasteiger partial charge in [-0.3, -0.25) is 4.79 Å². The van der Waals surface area contributed by atoms with E-state index in [1.807, 2.05) is 42.7 Å². The molecule has 1 N–H and O–H groups in total. The van der Waals surface area contributed by atoms with Gasteiger partial charge in [0.25, 0.3) is 5.91 Å². The number of esters is 1. The molecule has 1 amide bonds. The molecule has 162 valence electrons. The van der Waals surface area contributed by atoms with Gasteiger partial charge in [0.2, 0.25) is 0 Å². The molecule has 0 saturated heterocycles. The quantitative estimate of drug-likeness (QED) is 0.355. The van der Waals surface area contributed by atoms with E-state index in [4.69, 9.17) is 9.47 Å². The fourth-order valence-electron chi connectivity index (χ4n) is 3.46. The molecule has 0 aliphatic rings. The number of benzene rings is 2. The molecule has 0 aliphatic heterocycles. The first-order valence-corrected chi connectivity index (χ1v) is 9.83. The normalized spacial score (nSPS) is 10.9. The van der Waals surface area contributed by atoms with E-state index in [0.717, 1.165) is 11.4 Å². The summed E-state index contributed by atoms with van der Waals surface area (Å²) in [4.78, 5) is 24.9. The largest absolute Gasteiger partial charge is 0.497 e. The number of nitrogens with one attached hydrogen (secondary N) is 1. The van der Waals surface area contributed by atoms with Crippen molar-refractivity contribution < 1.29 is 19.1 Å². The Morgan fingerprint density at radius 1 is 1.06 bits per heavy atom. The molecular weight excluding hydrogens is 406 g/mol. The van der Waals surface area contributed by atoms with Crippen LogP contribution >= 0.6 is 0 Å². The number of carbonyl (C=O) groups excluding carboxylic acids is 2. The van der Waals surface area contributed by atoms with E-state index in [9.17, 15) is 14.9 Å². The van der Waals surface area contributed by atoms with Gasteiger partial charge in [0, 0.05) is 23.1 Å². The van der Waals surface area contributed by atoms with Gasteiger partial charge in [0.1, 0.15) is 17.4 Å². The fourth-order valence-corrected chi connectivity index (χ4v) is 3.46. The standard InChI is InChI=1S/C25H23N3O4/c1-16-12-18(17(2)28(16)23-11-6-5-10-22(23)25(30)32-4)13-19(15-26)24(29)27-20-8-7-9-21(14-20)31-3/h5-14H,1-4H3,(H,27,29)/b19-13+. The lowest BCUT2D eigenvalue weighted by atomic mass is 10.1. The van der Waals surface area contributed by atoms with Crippen molar-refractivity contribution in [2.24, 2.45) is 0 Å². The van der Waals surface area contributed by atoms with Crippen LogP contribution in [-0.2, 0) is 9.53 Å². The van der Waals surface area contributed by atoms with Crippen LogP contribution in [0.25, 0.3) is 11.8 Å². The molecule has 0 saturated carbocycles. The zero-order valence-corrected chi connectivity index (χ0v) is 18.3. The number of hydrogen-bond donors (Lipinski definition) is 1. The van der Waals surface area contributed by atoms with Gasteiger partial charge in [0.05, 0.1) is 25.5 Å². The average Bonchev–Trinajstić information content (AvgIpc) is 3.09. The van der Waals surface area contributed by atoms with E-state index in [1.165, 1.54) is 20.3 Å². The maximum Gasteiger partial charge on any atom is 0.339 e. The van der Waals surface area contributed by atoms with Crippen LogP contribution in [0.2, 0.25) is 0 Å². The summed E-state index contributed by atoms with van der Waals surface area (Å²) in [6.07, 6.45) is 1.54. The maximum atomic E-state index is 12.7. The Kier molecular flexibility index (Phi) is 6.76. The number of nitriles is 1. The van der Waals surface area contributed by atoms with E-state index in [1.54, 1.807) is 36.4 Å². The zero-order valence-electron chi connectivity index (χ0n) is 18.3. The molecule has 7 nitrogen and oxygen atoms in total. The summed E-state index contributed by atoms with van der Waals surface area (Å²) in [6, 6.07) is 17.8. The molecule has 0 unspecified atom stereocenters. The summed E-state index contributed by atoms with van der Waals surface area (Å²) >= 11 is 0. The van der Waals surface area contributed by atoms with Crippen LogP contribution in [0, 0.1) is 25.2 Å². The molecule has 3 rings (SSSR count). The van der Waals surface area contributed by atoms with Crippen molar-refractivity contribution in [3.63, 3.8) is 0 Å². The van der Waals surface area contributed by atoms with Crippen molar-refractivity contribution in [2.45, 2.75) is 13.8 Å². The summed E-state index contributed by atoms with van der Waals surface area (Å²) in [5.74, 6) is -0.376. The van der Waals surface area contributed by atoms with Crippen LogP contribution in [0.5, 0.6) is 5.75 Å². The molecule has 32 heavy (non-hydrogen) atoms. The molecule has 0 aliphatic carbocycles. The predicted octanol–water partition coefficient (Wildman–Crippen LogP) is 4.44. The zero-order chi connectivity index (χ0) is 23.3. The van der Waals surface area contributed by atoms with E-state index in [2.05, 4.69) is 5.32 Å². The third-order valence-electron chi connectivity index (χ3n) is 5.01. The second kappa shape index (κ2) is 9.67. The van der Waals surface area contributed by atoms with Gasteiger partial charge in [-0.1, -0.05) is 18.2 Å². The van der Waals surface area contributed by atoms with Crippen molar-refractivity contribution in [3.8, 4) is 17.5 Å². The highest BCUT2D eigenvalue weighted by Gasteiger charge is 2.18. The van der Waals surface area contributed by atoms with Gasteiger partial charge in [-0.25, -0.2) is 4.79 Å². The molecule has 1 aromatic heterocycles. The Bertz CT molecular complexity index is 1250. The summed E-state index contributed by atoms with van der Waals surface area (Å²) in [5, 5.41) is 12.3. The first-order chi connectivity index (χ1) is 15.4. The number of aromatic nitrogens is 1. The first-order valence-electron chi connectivity index (χ1n) is 9.83. The summed E-state index contributed by atoms with van der Waals surface area (Å²) in [7, 11) is 2.87. The van der Waals surface area contributed by atoms with Crippen molar-refractivity contribution in [2.75, 3.05) is 19.5 Å². The smallest absolute Gasteiger partial charge is 0.339 e. The van der Waals surface area contributed by atoms with Crippen LogP contribution in [0.1, 0.15) is 27.3 Å². The number of nitrogens with zero attached hydrogens (tertiary/aromatic N) is 2. The van der Waals surface area contributed by atoms with Gasteiger partial charge < -0.3 is 19.4 Å². The van der Waals surface area contributed by atoms with Gasteiger partial charge >= 0.3 is 5.97 Å². The predicted molar refractivity (Wildman–Crippen MR) is 122 cm³/mol. The molecule has 0 fully saturated rings. The van der Waals surface area contributed by atoms with Gasteiger partial charge in [-0.05, 0) is 55.8 Å². The Morgan fingerprint density at radius 2 is 1.81 bits per heavy atom. The number of methoxy groups -OCH3 is 2. The van der Waals surface area contributed by atoms with Crippen LogP contribution < -0.4 is 10.1 Å². The molecule has 3 aromatic rings. The lowest BCUT2D eigenvalue weighted by molar-refractivity contribution is -0.112. The lowest BCUT2D eigenvalue weighted by Gasteiger charge is -2.13. The number of carbonyl (C=O) groups is 2. The van der Waals surface area contributed by atoms with E-state index in [0.29, 0.717) is 28.3 Å². The molecule has 0 bridgehead atoms. The average molecular weight is 429 g/mol. The summed E-state index contributed by atoms with van der Waals surface area (Å²) in [5.41, 5.74) is 3.87. The Morgan fingerprint density at radius 3 is 2.50 bits per heavy atom. The topological polar surface area (TPSA) is 93.4 Å². The Labute approximate surface area is 186 Å². The van der Waals surface area contributed by atoms with Crippen molar-refractivity contribution in [1.29, 1.82) is 5.26 Å². The minimum absolute atomic E-state index is 0.0469. The first kappa shape index (κ1) is 22.4. The van der Waals surface area contributed by atoms with Crippen molar-refractivity contribution in [1.82, 2.24) is 4.57 Å². The number of ether oxygens (including phenoxy) is 2. The number of aryl methyl sites for hydroxylation is 1. The lowest BCUT2D eigenvalue weighted by Crippen LogP contribution is -2.13. The second-order valence-corrected chi connectivity index (χ2v) is 7.03. The van der Waals surface area contributed by atoms with Crippen molar-refractivity contribution in [3.05, 3.63) is 82.7 Å². The van der Waals surface area contributed by atoms with E-state index >= 15 is 0 Å². The highest BCUT2D eigenvalue weighted by molar-refractivity contribution is 6.09. The van der Waals surface area contributed by atoms with E-state index in [-0.39, 0.29) is 5.57 Å². The van der Waals surface area contributed by atoms with Gasteiger partial charge in [-0.2, -0.15) is 5.26 Å². The minimum Gasteiger partial charge on any atom is -0.497 e. The second-order valence-electron chi connectivity index (χ2n) is 7.03. The number of hydrogen-bond acceptors (Lipinski definition) is 5. The van der Waals surface area contributed by atoms with E-state index < -0.39 is 11.9 Å². The van der Waals surface area contributed by atoms with Crippen LogP contribution in [-0.4, -0.2) is 30.7 Å². The minimum atomic E-state index is -0.527. The monoisotopic (exact) mass is 429 g/mol. The third kappa shape index (κ3) is 4.55. The fraction of sp³-hybridized carbons (Fsp3) is 0.160. The Hall–Kier alpha value is -4.31.